The first-order chi connectivity index (χ1) is 14.6. The van der Waals surface area contributed by atoms with Gasteiger partial charge in [0.1, 0.15) is 22.1 Å². The molecule has 9 heteroatoms. The van der Waals surface area contributed by atoms with Gasteiger partial charge in [0.2, 0.25) is 5.95 Å². The molecule has 154 valence electrons. The summed E-state index contributed by atoms with van der Waals surface area (Å²) in [6.45, 7) is 1.46. The van der Waals surface area contributed by atoms with E-state index in [1.807, 2.05) is 35.5 Å². The van der Waals surface area contributed by atoms with E-state index in [0.29, 0.717) is 25.3 Å². The number of aromatic nitrogens is 5. The minimum absolute atomic E-state index is 0.584. The monoisotopic (exact) mass is 438 g/mol. The first-order valence-electron chi connectivity index (χ1n) is 9.90. The maximum atomic E-state index is 11.3. The Morgan fingerprint density at radius 3 is 2.73 bits per heavy atom. The lowest BCUT2D eigenvalue weighted by Gasteiger charge is -2.26. The third-order valence-corrected chi connectivity index (χ3v) is 7.21. The second-order valence-electron chi connectivity index (χ2n) is 7.48. The highest BCUT2D eigenvalue weighted by molar-refractivity contribution is 7.14. The molecule has 1 atom stereocenters. The second kappa shape index (κ2) is 7.90. The molecule has 0 unspecified atom stereocenters. The minimum atomic E-state index is -0.929. The Labute approximate surface area is 182 Å². The van der Waals surface area contributed by atoms with Crippen molar-refractivity contribution in [2.24, 2.45) is 7.05 Å². The Balaban J connectivity index is 1.46. The Kier molecular flexibility index (Phi) is 5.10. The number of nitrogens with zero attached hydrogens (tertiary/aromatic N) is 6. The van der Waals surface area contributed by atoms with Crippen LogP contribution < -0.4 is 4.90 Å². The Hall–Kier alpha value is -2.62. The van der Waals surface area contributed by atoms with Crippen LogP contribution in [0.4, 0.5) is 5.95 Å². The van der Waals surface area contributed by atoms with Crippen molar-refractivity contribution in [1.82, 2.24) is 24.5 Å². The molecule has 4 aromatic rings. The number of hydrogen-bond acceptors (Lipinski definition) is 8. The maximum absolute atomic E-state index is 11.3. The highest BCUT2D eigenvalue weighted by Gasteiger charge is 2.36. The Morgan fingerprint density at radius 1 is 1.07 bits per heavy atom. The Bertz CT molecular complexity index is 1120. The number of thiophene rings is 1. The zero-order valence-corrected chi connectivity index (χ0v) is 18.2. The predicted octanol–water partition coefficient (Wildman–Crippen LogP) is 3.94. The van der Waals surface area contributed by atoms with Crippen LogP contribution in [0.2, 0.25) is 0 Å². The molecular formula is C21H22N6OS2. The van der Waals surface area contributed by atoms with Crippen molar-refractivity contribution in [3.63, 3.8) is 0 Å². The molecule has 1 aliphatic rings. The quantitative estimate of drug-likeness (QED) is 0.520. The standard InChI is InChI=1S/C21H22N6OS2/c1-26-11-7-23-19(26)21(28)5-3-9-27(10-6-21)20-24-14-15(16-4-2-12-29-16)17(25-20)18-22-8-13-30-18/h2,4,7-8,11-14,28H,3,5-6,9-10H2,1H3/t21-/m1/s1. The molecule has 30 heavy (non-hydrogen) atoms. The highest BCUT2D eigenvalue weighted by Crippen LogP contribution is 2.36. The molecule has 7 nitrogen and oxygen atoms in total. The van der Waals surface area contributed by atoms with Crippen molar-refractivity contribution in [1.29, 1.82) is 0 Å². The molecule has 0 aromatic carbocycles. The summed E-state index contributed by atoms with van der Waals surface area (Å²) in [6, 6.07) is 4.12. The fourth-order valence-electron chi connectivity index (χ4n) is 4.00. The number of thiazole rings is 1. The molecule has 1 aliphatic heterocycles. The topological polar surface area (TPSA) is 80.0 Å². The first-order valence-corrected chi connectivity index (χ1v) is 11.7. The van der Waals surface area contributed by atoms with E-state index in [-0.39, 0.29) is 0 Å². The summed E-state index contributed by atoms with van der Waals surface area (Å²) < 4.78 is 1.91. The average molecular weight is 439 g/mol. The number of anilines is 1. The first kappa shape index (κ1) is 19.3. The number of aliphatic hydroxyl groups is 1. The summed E-state index contributed by atoms with van der Waals surface area (Å²) in [6.07, 6.45) is 9.42. The second-order valence-corrected chi connectivity index (χ2v) is 9.32. The van der Waals surface area contributed by atoms with E-state index in [9.17, 15) is 5.11 Å². The van der Waals surface area contributed by atoms with Crippen molar-refractivity contribution < 1.29 is 5.11 Å². The zero-order valence-electron chi connectivity index (χ0n) is 16.6. The number of rotatable bonds is 4. The zero-order chi connectivity index (χ0) is 20.6. The highest BCUT2D eigenvalue weighted by atomic mass is 32.1. The van der Waals surface area contributed by atoms with Gasteiger partial charge in [0, 0.05) is 67.2 Å². The number of aryl methyl sites for hydroxylation is 1. The van der Waals surface area contributed by atoms with Gasteiger partial charge in [-0.2, -0.15) is 0 Å². The van der Waals surface area contributed by atoms with Gasteiger partial charge in [-0.1, -0.05) is 6.07 Å². The lowest BCUT2D eigenvalue weighted by Crippen LogP contribution is -2.32. The van der Waals surface area contributed by atoms with Crippen LogP contribution in [0.25, 0.3) is 21.1 Å². The summed E-state index contributed by atoms with van der Waals surface area (Å²) in [5, 5.41) is 16.2. The molecular weight excluding hydrogens is 416 g/mol. The van der Waals surface area contributed by atoms with E-state index in [0.717, 1.165) is 39.9 Å². The summed E-state index contributed by atoms with van der Waals surface area (Å²) in [4.78, 5) is 21.8. The molecule has 4 aromatic heterocycles. The van der Waals surface area contributed by atoms with Crippen LogP contribution in [0.1, 0.15) is 25.1 Å². The molecule has 1 saturated heterocycles. The van der Waals surface area contributed by atoms with E-state index in [4.69, 9.17) is 9.97 Å². The SMILES string of the molecule is Cn1ccnc1[C@@]1(O)CCCN(c2ncc(-c3cccs3)c(-c3nccs3)n2)CC1. The van der Waals surface area contributed by atoms with Crippen molar-refractivity contribution in [2.75, 3.05) is 18.0 Å². The van der Waals surface area contributed by atoms with Crippen molar-refractivity contribution >= 4 is 28.6 Å². The van der Waals surface area contributed by atoms with Gasteiger partial charge in [-0.3, -0.25) is 0 Å². The van der Waals surface area contributed by atoms with Gasteiger partial charge >= 0.3 is 0 Å². The largest absolute Gasteiger partial charge is 0.382 e. The molecule has 0 radical (unpaired) electrons. The summed E-state index contributed by atoms with van der Waals surface area (Å²) in [5.41, 5.74) is 0.936. The lowest BCUT2D eigenvalue weighted by atomic mass is 9.94. The average Bonchev–Trinajstić information content (AvgIpc) is 3.51. The van der Waals surface area contributed by atoms with Gasteiger partial charge < -0.3 is 14.6 Å². The lowest BCUT2D eigenvalue weighted by molar-refractivity contribution is 0.0129. The van der Waals surface area contributed by atoms with Crippen LogP contribution in [0.15, 0.2) is 47.7 Å². The van der Waals surface area contributed by atoms with E-state index in [2.05, 4.69) is 26.3 Å². The summed E-state index contributed by atoms with van der Waals surface area (Å²) in [5.74, 6) is 1.41. The van der Waals surface area contributed by atoms with E-state index < -0.39 is 5.60 Å². The molecule has 0 aliphatic carbocycles. The van der Waals surface area contributed by atoms with Gasteiger partial charge in [0.05, 0.1) is 0 Å². The molecule has 5 heterocycles. The molecule has 0 amide bonds. The summed E-state index contributed by atoms with van der Waals surface area (Å²) >= 11 is 3.25. The van der Waals surface area contributed by atoms with Gasteiger partial charge in [0.15, 0.2) is 0 Å². The van der Waals surface area contributed by atoms with E-state index >= 15 is 0 Å². The molecule has 5 rings (SSSR count). The van der Waals surface area contributed by atoms with Crippen LogP contribution in [-0.2, 0) is 12.6 Å². The number of imidazole rings is 1. The molecule has 1 fully saturated rings. The van der Waals surface area contributed by atoms with Crippen LogP contribution in [0.3, 0.4) is 0 Å². The van der Waals surface area contributed by atoms with Crippen molar-refractivity contribution in [3.05, 3.63) is 53.5 Å². The predicted molar refractivity (Wildman–Crippen MR) is 120 cm³/mol. The number of hydrogen-bond donors (Lipinski definition) is 1. The molecule has 0 spiro atoms. The fourth-order valence-corrected chi connectivity index (χ4v) is 5.37. The maximum Gasteiger partial charge on any atom is 0.225 e. The van der Waals surface area contributed by atoms with Gasteiger partial charge in [-0.05, 0) is 24.3 Å². The van der Waals surface area contributed by atoms with Crippen LogP contribution >= 0.6 is 22.7 Å². The third-order valence-electron chi connectivity index (χ3n) is 5.53. The van der Waals surface area contributed by atoms with Crippen molar-refractivity contribution in [2.45, 2.75) is 24.9 Å². The van der Waals surface area contributed by atoms with Gasteiger partial charge in [-0.25, -0.2) is 19.9 Å². The van der Waals surface area contributed by atoms with Gasteiger partial charge in [-0.15, -0.1) is 22.7 Å². The third kappa shape index (κ3) is 3.53. The smallest absolute Gasteiger partial charge is 0.225 e. The van der Waals surface area contributed by atoms with Crippen LogP contribution in [0, 0.1) is 0 Å². The minimum Gasteiger partial charge on any atom is -0.382 e. The molecule has 0 bridgehead atoms. The van der Waals surface area contributed by atoms with Gasteiger partial charge in [0.25, 0.3) is 0 Å². The normalized spacial score (nSPS) is 19.7. The van der Waals surface area contributed by atoms with Crippen LogP contribution in [-0.4, -0.2) is 42.7 Å². The summed E-state index contributed by atoms with van der Waals surface area (Å²) in [7, 11) is 1.93. The van der Waals surface area contributed by atoms with Crippen LogP contribution in [0.5, 0.6) is 0 Å². The molecule has 0 saturated carbocycles. The van der Waals surface area contributed by atoms with Crippen molar-refractivity contribution in [3.8, 4) is 21.1 Å². The fraction of sp³-hybridized carbons (Fsp3) is 0.333. The van der Waals surface area contributed by atoms with E-state index in [1.54, 1.807) is 35.1 Å². The Morgan fingerprint density at radius 2 is 2.00 bits per heavy atom. The molecule has 1 N–H and O–H groups in total. The van der Waals surface area contributed by atoms with E-state index in [1.165, 1.54) is 0 Å².